The Bertz CT molecular complexity index is 729. The molecule has 1 atom stereocenters. The number of aromatic nitrogens is 2. The number of hydrogen-bond donors (Lipinski definition) is 0. The van der Waals surface area contributed by atoms with Crippen LogP contribution in [0.5, 0.6) is 0 Å². The van der Waals surface area contributed by atoms with E-state index in [1.165, 1.54) is 12.8 Å². The van der Waals surface area contributed by atoms with Gasteiger partial charge < -0.3 is 9.08 Å². The highest BCUT2D eigenvalue weighted by molar-refractivity contribution is 7.91. The first-order chi connectivity index (χ1) is 10.8. The van der Waals surface area contributed by atoms with Crippen molar-refractivity contribution in [3.8, 4) is 11.3 Å². The summed E-state index contributed by atoms with van der Waals surface area (Å²) in [6.45, 7) is 7.46. The molecule has 2 aromatic heterocycles. The minimum Gasteiger partial charge on any atom is -0.591 e. The Kier molecular flexibility index (Phi) is 4.29. The Morgan fingerprint density at radius 3 is 2.74 bits per heavy atom. The highest BCUT2D eigenvalue weighted by Crippen LogP contribution is 2.39. The summed E-state index contributed by atoms with van der Waals surface area (Å²) in [5.41, 5.74) is 3.45. The molecule has 1 aliphatic rings. The van der Waals surface area contributed by atoms with Crippen LogP contribution in [0.4, 0.5) is 0 Å². The molecule has 3 rings (SSSR count). The van der Waals surface area contributed by atoms with Gasteiger partial charge in [-0.15, -0.1) is 0 Å². The van der Waals surface area contributed by atoms with Crippen molar-refractivity contribution in [1.82, 2.24) is 10.1 Å². The van der Waals surface area contributed by atoms with E-state index in [1.807, 2.05) is 39.1 Å². The Hall–Kier alpha value is -1.66. The maximum Gasteiger partial charge on any atom is 0.185 e. The van der Waals surface area contributed by atoms with Gasteiger partial charge >= 0.3 is 0 Å². The topological polar surface area (TPSA) is 74.3 Å². The Balaban J connectivity index is 1.83. The molecular weight excluding hydrogens is 310 g/mol. The number of hydrogen-bond acceptors (Lipinski definition) is 5. The van der Waals surface area contributed by atoms with Crippen molar-refractivity contribution < 1.29 is 9.08 Å². The van der Waals surface area contributed by atoms with Crippen LogP contribution in [0.1, 0.15) is 57.9 Å². The zero-order chi connectivity index (χ0) is 16.6. The lowest BCUT2D eigenvalue weighted by Crippen LogP contribution is -2.26. The van der Waals surface area contributed by atoms with E-state index in [2.05, 4.69) is 20.6 Å². The molecule has 2 heterocycles. The van der Waals surface area contributed by atoms with Crippen LogP contribution in [0.15, 0.2) is 33.3 Å². The first-order valence-corrected chi connectivity index (χ1v) is 8.86. The van der Waals surface area contributed by atoms with Crippen molar-refractivity contribution in [2.75, 3.05) is 0 Å². The van der Waals surface area contributed by atoms with E-state index in [-0.39, 0.29) is 0 Å². The lowest BCUT2D eigenvalue weighted by molar-refractivity contribution is 0.415. The lowest BCUT2D eigenvalue weighted by Gasteiger charge is -2.18. The van der Waals surface area contributed by atoms with Gasteiger partial charge in [0.2, 0.25) is 0 Å². The predicted octanol–water partition coefficient (Wildman–Crippen LogP) is 3.89. The van der Waals surface area contributed by atoms with Crippen molar-refractivity contribution in [2.24, 2.45) is 4.40 Å². The largest absolute Gasteiger partial charge is 0.591 e. The molecule has 0 spiro atoms. The molecule has 1 aliphatic carbocycles. The second-order valence-corrected chi connectivity index (χ2v) is 8.76. The third-order valence-electron chi connectivity index (χ3n) is 3.68. The van der Waals surface area contributed by atoms with E-state index < -0.39 is 16.1 Å². The van der Waals surface area contributed by atoms with Gasteiger partial charge in [-0.3, -0.25) is 4.98 Å². The molecule has 2 aromatic rings. The van der Waals surface area contributed by atoms with Gasteiger partial charge in [0.25, 0.3) is 0 Å². The molecule has 0 aromatic carbocycles. The second kappa shape index (κ2) is 6.09. The van der Waals surface area contributed by atoms with Gasteiger partial charge in [-0.2, -0.15) is 0 Å². The van der Waals surface area contributed by atoms with Crippen LogP contribution in [-0.2, 0) is 11.4 Å². The second-order valence-electron chi connectivity index (χ2n) is 6.86. The summed E-state index contributed by atoms with van der Waals surface area (Å²) in [5, 5.41) is 4.12. The number of nitrogens with zero attached hydrogens (tertiary/aromatic N) is 3. The highest BCUT2D eigenvalue weighted by atomic mass is 32.2. The predicted molar refractivity (Wildman–Crippen MR) is 91.8 cm³/mol. The fourth-order valence-corrected chi connectivity index (χ4v) is 2.71. The zero-order valence-electron chi connectivity index (χ0n) is 13.9. The Labute approximate surface area is 139 Å². The maximum atomic E-state index is 12.1. The molecule has 0 radical (unpaired) electrons. The smallest absolute Gasteiger partial charge is 0.185 e. The number of pyridine rings is 1. The molecule has 0 N–H and O–H groups in total. The Morgan fingerprint density at radius 1 is 1.35 bits per heavy atom. The average molecular weight is 331 g/mol. The van der Waals surface area contributed by atoms with Crippen LogP contribution in [0.2, 0.25) is 0 Å². The summed E-state index contributed by atoms with van der Waals surface area (Å²) >= 11 is -1.31. The molecule has 0 amide bonds. The molecule has 1 unspecified atom stereocenters. The van der Waals surface area contributed by atoms with Crippen LogP contribution in [-0.4, -0.2) is 25.2 Å². The van der Waals surface area contributed by atoms with Gasteiger partial charge in [0.15, 0.2) is 5.76 Å². The maximum absolute atomic E-state index is 12.1. The minimum atomic E-state index is -1.31. The van der Waals surface area contributed by atoms with E-state index in [9.17, 15) is 4.55 Å². The molecular formula is C17H21N3O2S. The van der Waals surface area contributed by atoms with Gasteiger partial charge in [-0.1, -0.05) is 9.55 Å². The summed E-state index contributed by atoms with van der Waals surface area (Å²) in [7, 11) is 0. The highest BCUT2D eigenvalue weighted by Gasteiger charge is 2.28. The molecule has 23 heavy (non-hydrogen) atoms. The molecule has 0 bridgehead atoms. The van der Waals surface area contributed by atoms with Crippen LogP contribution in [0, 0.1) is 0 Å². The number of rotatable bonds is 4. The van der Waals surface area contributed by atoms with Crippen LogP contribution >= 0.6 is 0 Å². The van der Waals surface area contributed by atoms with Gasteiger partial charge in [-0.05, 0) is 52.7 Å². The SMILES string of the molecule is C/C(=N\[S+]([O-])C(C)(C)C)c1cc(-c2ccnc(C3CC3)c2)no1. The summed E-state index contributed by atoms with van der Waals surface area (Å²) in [6.07, 6.45) is 4.24. The molecule has 6 heteroatoms. The molecule has 1 saturated carbocycles. The summed E-state index contributed by atoms with van der Waals surface area (Å²) in [4.78, 5) is 4.41. The van der Waals surface area contributed by atoms with Gasteiger partial charge in [0.05, 0.1) is 0 Å². The van der Waals surface area contributed by atoms with Gasteiger partial charge in [0.1, 0.15) is 27.5 Å². The van der Waals surface area contributed by atoms with Crippen LogP contribution < -0.4 is 0 Å². The molecule has 0 aliphatic heterocycles. The van der Waals surface area contributed by atoms with Gasteiger partial charge in [0, 0.05) is 29.4 Å². The monoisotopic (exact) mass is 331 g/mol. The minimum absolute atomic E-state index is 0.394. The normalized spacial score (nSPS) is 17.3. The molecule has 0 saturated heterocycles. The van der Waals surface area contributed by atoms with Crippen molar-refractivity contribution in [3.05, 3.63) is 35.9 Å². The average Bonchev–Trinajstić information content (AvgIpc) is 3.23. The third-order valence-corrected chi connectivity index (χ3v) is 5.17. The molecule has 1 fully saturated rings. The van der Waals surface area contributed by atoms with E-state index in [0.29, 0.717) is 17.4 Å². The van der Waals surface area contributed by atoms with E-state index in [4.69, 9.17) is 4.52 Å². The van der Waals surface area contributed by atoms with E-state index in [0.717, 1.165) is 17.0 Å². The van der Waals surface area contributed by atoms with Crippen LogP contribution in [0.3, 0.4) is 0 Å². The van der Waals surface area contributed by atoms with Crippen molar-refractivity contribution >= 4 is 17.1 Å². The van der Waals surface area contributed by atoms with Crippen LogP contribution in [0.25, 0.3) is 11.3 Å². The van der Waals surface area contributed by atoms with E-state index in [1.54, 1.807) is 6.92 Å². The van der Waals surface area contributed by atoms with Gasteiger partial charge in [-0.25, -0.2) is 0 Å². The molecule has 122 valence electrons. The van der Waals surface area contributed by atoms with Crippen molar-refractivity contribution in [3.63, 3.8) is 0 Å². The fraction of sp³-hybridized carbons (Fsp3) is 0.471. The lowest BCUT2D eigenvalue weighted by atomic mass is 10.1. The zero-order valence-corrected chi connectivity index (χ0v) is 14.7. The Morgan fingerprint density at radius 2 is 2.09 bits per heavy atom. The van der Waals surface area contributed by atoms with Crippen molar-refractivity contribution in [2.45, 2.75) is 51.2 Å². The van der Waals surface area contributed by atoms with E-state index >= 15 is 0 Å². The summed E-state index contributed by atoms with van der Waals surface area (Å²) < 4.78 is 21.3. The first-order valence-electron chi connectivity index (χ1n) is 7.75. The third kappa shape index (κ3) is 3.82. The summed E-state index contributed by atoms with van der Waals surface area (Å²) in [5.74, 6) is 1.14. The standard InChI is InChI=1S/C17H21N3O2S/c1-11(20-23(21)17(2,3)4)16-10-15(19-22-16)13-7-8-18-14(9-13)12-5-6-12/h7-10,12H,5-6H2,1-4H3/b20-11+. The van der Waals surface area contributed by atoms with Crippen molar-refractivity contribution in [1.29, 1.82) is 0 Å². The molecule has 5 nitrogen and oxygen atoms in total. The quantitative estimate of drug-likeness (QED) is 0.629. The fourth-order valence-electron chi connectivity index (χ4n) is 2.10. The summed E-state index contributed by atoms with van der Waals surface area (Å²) in [6, 6.07) is 5.83. The first kappa shape index (κ1) is 16.2.